The number of carbonyl (C=O) groups excluding carboxylic acids is 2. The molecule has 1 fully saturated rings. The second-order valence-electron chi connectivity index (χ2n) is 5.17. The van der Waals surface area contributed by atoms with Crippen LogP contribution in [0.2, 0.25) is 0 Å². The lowest BCUT2D eigenvalue weighted by atomic mass is 10.1. The Hall–Kier alpha value is -2.37. The third-order valence-corrected chi connectivity index (χ3v) is 3.95. The molecule has 1 aliphatic rings. The van der Waals surface area contributed by atoms with Gasteiger partial charge in [-0.1, -0.05) is 18.2 Å². The highest BCUT2D eigenvalue weighted by Gasteiger charge is 2.36. The monoisotopic (exact) mass is 287 g/mol. The molecule has 0 saturated carbocycles. The molecule has 1 saturated heterocycles. The topological polar surface area (TPSA) is 64.4 Å². The molecule has 0 bridgehead atoms. The van der Waals surface area contributed by atoms with Crippen molar-refractivity contribution in [1.82, 2.24) is 14.7 Å². The summed E-state index contributed by atoms with van der Waals surface area (Å²) < 4.78 is 6.47. The fourth-order valence-corrected chi connectivity index (χ4v) is 2.90. The summed E-state index contributed by atoms with van der Waals surface area (Å²) in [6.45, 7) is 0.559. The van der Waals surface area contributed by atoms with Crippen LogP contribution in [0.1, 0.15) is 23.3 Å². The Morgan fingerprint density at radius 3 is 2.86 bits per heavy atom. The molecule has 1 aromatic heterocycles. The second-order valence-corrected chi connectivity index (χ2v) is 5.17. The Kier molecular flexibility index (Phi) is 3.37. The number of nitrogens with zero attached hydrogens (tertiary/aromatic N) is 3. The van der Waals surface area contributed by atoms with Crippen molar-refractivity contribution in [3.05, 3.63) is 30.0 Å². The molecular weight excluding hydrogens is 270 g/mol. The van der Waals surface area contributed by atoms with E-state index < -0.39 is 6.04 Å². The molecule has 0 aliphatic carbocycles. The largest absolute Gasteiger partial charge is 0.467 e. The van der Waals surface area contributed by atoms with Crippen LogP contribution in [0, 0.1) is 0 Å². The van der Waals surface area contributed by atoms with E-state index in [1.165, 1.54) is 7.11 Å². The number of fused-ring (bicyclic) bond motifs is 1. The minimum Gasteiger partial charge on any atom is -0.467 e. The number of aromatic nitrogens is 2. The highest BCUT2D eigenvalue weighted by molar-refractivity contribution is 6.06. The Morgan fingerprint density at radius 2 is 2.10 bits per heavy atom. The summed E-state index contributed by atoms with van der Waals surface area (Å²) in [5.41, 5.74) is 1.29. The quantitative estimate of drug-likeness (QED) is 0.782. The van der Waals surface area contributed by atoms with Crippen molar-refractivity contribution >= 4 is 22.8 Å². The van der Waals surface area contributed by atoms with E-state index in [0.717, 1.165) is 17.3 Å². The van der Waals surface area contributed by atoms with Gasteiger partial charge in [0, 0.05) is 19.0 Å². The maximum absolute atomic E-state index is 12.7. The van der Waals surface area contributed by atoms with Crippen molar-refractivity contribution in [3.8, 4) is 0 Å². The van der Waals surface area contributed by atoms with Crippen LogP contribution in [-0.4, -0.2) is 46.3 Å². The molecule has 1 amide bonds. The predicted octanol–water partition coefficient (Wildman–Crippen LogP) is 1.35. The van der Waals surface area contributed by atoms with Gasteiger partial charge in [0.25, 0.3) is 5.91 Å². The smallest absolute Gasteiger partial charge is 0.328 e. The normalized spacial score (nSPS) is 18.2. The molecule has 6 nitrogen and oxygen atoms in total. The van der Waals surface area contributed by atoms with Gasteiger partial charge in [-0.05, 0) is 18.9 Å². The van der Waals surface area contributed by atoms with Crippen LogP contribution in [0.3, 0.4) is 0 Å². The van der Waals surface area contributed by atoms with Crippen LogP contribution < -0.4 is 0 Å². The molecule has 2 aromatic rings. The minimum absolute atomic E-state index is 0.209. The summed E-state index contributed by atoms with van der Waals surface area (Å²) in [6.07, 6.45) is 1.44. The number of aryl methyl sites for hydroxylation is 1. The predicted molar refractivity (Wildman–Crippen MR) is 76.8 cm³/mol. The summed E-state index contributed by atoms with van der Waals surface area (Å²) in [5.74, 6) is -0.569. The fourth-order valence-electron chi connectivity index (χ4n) is 2.90. The maximum atomic E-state index is 12.7. The number of methoxy groups -OCH3 is 1. The van der Waals surface area contributed by atoms with Gasteiger partial charge in [-0.2, -0.15) is 5.10 Å². The maximum Gasteiger partial charge on any atom is 0.328 e. The van der Waals surface area contributed by atoms with Crippen LogP contribution in [-0.2, 0) is 16.6 Å². The van der Waals surface area contributed by atoms with Crippen molar-refractivity contribution in [2.24, 2.45) is 7.05 Å². The Labute approximate surface area is 122 Å². The van der Waals surface area contributed by atoms with Crippen molar-refractivity contribution in [1.29, 1.82) is 0 Å². The zero-order chi connectivity index (χ0) is 15.0. The van der Waals surface area contributed by atoms with Gasteiger partial charge in [-0.25, -0.2) is 4.79 Å². The molecule has 2 heterocycles. The lowest BCUT2D eigenvalue weighted by molar-refractivity contribution is -0.145. The van der Waals surface area contributed by atoms with Crippen LogP contribution in [0.4, 0.5) is 0 Å². The van der Waals surface area contributed by atoms with Crippen LogP contribution in [0.5, 0.6) is 0 Å². The number of rotatable bonds is 2. The van der Waals surface area contributed by atoms with Gasteiger partial charge in [-0.15, -0.1) is 0 Å². The van der Waals surface area contributed by atoms with Gasteiger partial charge in [-0.3, -0.25) is 9.48 Å². The summed E-state index contributed by atoms with van der Waals surface area (Å²) in [5, 5.41) is 5.13. The van der Waals surface area contributed by atoms with E-state index in [0.29, 0.717) is 18.7 Å². The Bertz CT molecular complexity index is 707. The lowest BCUT2D eigenvalue weighted by Crippen LogP contribution is -2.41. The molecule has 21 heavy (non-hydrogen) atoms. The SMILES string of the molecule is COC(=O)C1CCCN1C(=O)c1nn(C)c2ccccc12. The van der Waals surface area contributed by atoms with E-state index in [1.54, 1.807) is 16.6 Å². The highest BCUT2D eigenvalue weighted by Crippen LogP contribution is 2.24. The first-order chi connectivity index (χ1) is 10.1. The number of amides is 1. The van der Waals surface area contributed by atoms with Gasteiger partial charge in [0.05, 0.1) is 12.6 Å². The first kappa shape index (κ1) is 13.6. The Balaban J connectivity index is 1.99. The molecule has 0 N–H and O–H groups in total. The van der Waals surface area contributed by atoms with Crippen molar-refractivity contribution < 1.29 is 14.3 Å². The molecule has 6 heteroatoms. The number of hydrogen-bond acceptors (Lipinski definition) is 4. The molecule has 1 aromatic carbocycles. The first-order valence-electron chi connectivity index (χ1n) is 6.94. The molecule has 110 valence electrons. The van der Waals surface area contributed by atoms with Gasteiger partial charge in [0.1, 0.15) is 6.04 Å². The molecule has 1 atom stereocenters. The van der Waals surface area contributed by atoms with Gasteiger partial charge in [0.2, 0.25) is 0 Å². The van der Waals surface area contributed by atoms with E-state index >= 15 is 0 Å². The molecular formula is C15H17N3O3. The van der Waals surface area contributed by atoms with Gasteiger partial charge >= 0.3 is 5.97 Å². The highest BCUT2D eigenvalue weighted by atomic mass is 16.5. The number of hydrogen-bond donors (Lipinski definition) is 0. The van der Waals surface area contributed by atoms with E-state index in [-0.39, 0.29) is 11.9 Å². The van der Waals surface area contributed by atoms with Gasteiger partial charge in [0.15, 0.2) is 5.69 Å². The average molecular weight is 287 g/mol. The second kappa shape index (κ2) is 5.20. The van der Waals surface area contributed by atoms with E-state index in [2.05, 4.69) is 5.10 Å². The zero-order valence-electron chi connectivity index (χ0n) is 12.1. The van der Waals surface area contributed by atoms with Crippen LogP contribution in [0.15, 0.2) is 24.3 Å². The molecule has 0 radical (unpaired) electrons. The summed E-state index contributed by atoms with van der Waals surface area (Å²) in [6, 6.07) is 7.08. The van der Waals surface area contributed by atoms with E-state index in [4.69, 9.17) is 4.74 Å². The van der Waals surface area contributed by atoms with E-state index in [9.17, 15) is 9.59 Å². The molecule has 0 spiro atoms. The summed E-state index contributed by atoms with van der Waals surface area (Å²) in [7, 11) is 3.15. The zero-order valence-corrected chi connectivity index (χ0v) is 12.1. The number of para-hydroxylation sites is 1. The average Bonchev–Trinajstić information content (AvgIpc) is 3.11. The number of ether oxygens (including phenoxy) is 1. The number of likely N-dealkylation sites (tertiary alicyclic amines) is 1. The van der Waals surface area contributed by atoms with Crippen molar-refractivity contribution in [3.63, 3.8) is 0 Å². The minimum atomic E-state index is -0.497. The lowest BCUT2D eigenvalue weighted by Gasteiger charge is -2.21. The third kappa shape index (κ3) is 2.16. The van der Waals surface area contributed by atoms with Crippen LogP contribution >= 0.6 is 0 Å². The molecule has 1 unspecified atom stereocenters. The fraction of sp³-hybridized carbons (Fsp3) is 0.400. The standard InChI is InChI=1S/C15H17N3O3/c1-17-11-7-4-3-6-10(11)13(16-17)14(19)18-9-5-8-12(18)15(20)21-2/h3-4,6-7,12H,5,8-9H2,1-2H3. The summed E-state index contributed by atoms with van der Waals surface area (Å²) >= 11 is 0. The van der Waals surface area contributed by atoms with E-state index in [1.807, 2.05) is 24.3 Å². The number of esters is 1. The molecule has 3 rings (SSSR count). The molecule has 1 aliphatic heterocycles. The van der Waals surface area contributed by atoms with Crippen molar-refractivity contribution in [2.75, 3.05) is 13.7 Å². The number of benzene rings is 1. The third-order valence-electron chi connectivity index (χ3n) is 3.95. The van der Waals surface area contributed by atoms with Crippen LogP contribution in [0.25, 0.3) is 10.9 Å². The first-order valence-corrected chi connectivity index (χ1v) is 6.94. The van der Waals surface area contributed by atoms with Gasteiger partial charge < -0.3 is 9.64 Å². The Morgan fingerprint density at radius 1 is 1.33 bits per heavy atom. The van der Waals surface area contributed by atoms with Crippen molar-refractivity contribution in [2.45, 2.75) is 18.9 Å². The summed E-state index contributed by atoms with van der Waals surface area (Å²) in [4.78, 5) is 26.1. The number of carbonyl (C=O) groups is 2.